The second-order valence-corrected chi connectivity index (χ2v) is 7.49. The Morgan fingerprint density at radius 1 is 1.15 bits per heavy atom. The number of β-amino-alcohol motifs (C(OH)–C–C–N with tert-alkyl or cyclic N) is 1. The highest BCUT2D eigenvalue weighted by Gasteiger charge is 2.19. The van der Waals surface area contributed by atoms with Gasteiger partial charge < -0.3 is 14.7 Å². The number of likely N-dealkylation sites (tertiary alicyclic amines) is 1. The molecule has 1 N–H and O–H groups in total. The van der Waals surface area contributed by atoms with Gasteiger partial charge in [-0.25, -0.2) is 0 Å². The third-order valence-electron chi connectivity index (χ3n) is 4.97. The number of benzene rings is 2. The minimum Gasteiger partial charge on any atom is -0.476 e. The van der Waals surface area contributed by atoms with Crippen molar-refractivity contribution in [2.75, 3.05) is 26.2 Å². The smallest absolute Gasteiger partial charge is 0.240 e. The molecule has 0 spiro atoms. The van der Waals surface area contributed by atoms with Crippen LogP contribution in [0, 0.1) is 0 Å². The van der Waals surface area contributed by atoms with Crippen molar-refractivity contribution in [3.8, 4) is 5.88 Å². The van der Waals surface area contributed by atoms with Crippen LogP contribution >= 0.6 is 11.6 Å². The van der Waals surface area contributed by atoms with Gasteiger partial charge in [-0.15, -0.1) is 5.10 Å². The van der Waals surface area contributed by atoms with Gasteiger partial charge in [0.05, 0.1) is 30.2 Å². The highest BCUT2D eigenvalue weighted by atomic mass is 35.5. The number of halogens is 1. The predicted molar refractivity (Wildman–Crippen MR) is 107 cm³/mol. The van der Waals surface area contributed by atoms with Gasteiger partial charge in [0.15, 0.2) is 0 Å². The molecule has 2 aromatic carbocycles. The van der Waals surface area contributed by atoms with Crippen LogP contribution in [0.5, 0.6) is 5.88 Å². The molecule has 0 saturated carbocycles. The van der Waals surface area contributed by atoms with Gasteiger partial charge in [0.2, 0.25) is 5.88 Å². The normalized spacial score (nSPS) is 17.6. The first-order valence-corrected chi connectivity index (χ1v) is 9.80. The molecule has 0 amide bonds. The number of aliphatic hydroxyl groups excluding tert-OH is 1. The molecule has 1 aromatic heterocycles. The minimum atomic E-state index is -0.168. The van der Waals surface area contributed by atoms with Crippen molar-refractivity contribution >= 4 is 22.5 Å². The molecular weight excluding hydrogens is 362 g/mol. The van der Waals surface area contributed by atoms with Crippen molar-refractivity contribution in [3.05, 3.63) is 59.1 Å². The fourth-order valence-corrected chi connectivity index (χ4v) is 3.69. The molecule has 1 unspecified atom stereocenters. The van der Waals surface area contributed by atoms with Crippen LogP contribution in [-0.4, -0.2) is 52.1 Å². The maximum absolute atomic E-state index is 9.60. The van der Waals surface area contributed by atoms with Crippen LogP contribution in [0.15, 0.2) is 48.5 Å². The van der Waals surface area contributed by atoms with Gasteiger partial charge in [-0.2, -0.15) is 0 Å². The monoisotopic (exact) mass is 385 g/mol. The van der Waals surface area contributed by atoms with Crippen molar-refractivity contribution in [3.63, 3.8) is 0 Å². The molecule has 5 nitrogen and oxygen atoms in total. The molecule has 1 aliphatic heterocycles. The summed E-state index contributed by atoms with van der Waals surface area (Å²) in [6.45, 7) is 3.99. The van der Waals surface area contributed by atoms with Gasteiger partial charge in [0.1, 0.15) is 0 Å². The van der Waals surface area contributed by atoms with E-state index in [1.807, 2.05) is 47.1 Å². The van der Waals surface area contributed by atoms with Crippen molar-refractivity contribution in [2.45, 2.75) is 25.5 Å². The summed E-state index contributed by atoms with van der Waals surface area (Å²) >= 11 is 5.98. The van der Waals surface area contributed by atoms with E-state index in [-0.39, 0.29) is 6.10 Å². The highest BCUT2D eigenvalue weighted by molar-refractivity contribution is 6.30. The van der Waals surface area contributed by atoms with E-state index in [4.69, 9.17) is 21.4 Å². The van der Waals surface area contributed by atoms with E-state index in [9.17, 15) is 5.11 Å². The lowest BCUT2D eigenvalue weighted by Crippen LogP contribution is -2.24. The second kappa shape index (κ2) is 8.30. The van der Waals surface area contributed by atoms with Crippen molar-refractivity contribution in [1.82, 2.24) is 14.7 Å². The summed E-state index contributed by atoms with van der Waals surface area (Å²) in [5, 5.41) is 16.1. The van der Waals surface area contributed by atoms with Crippen molar-refractivity contribution in [1.29, 1.82) is 0 Å². The number of aromatic nitrogens is 2. The number of hydrogen-bond acceptors (Lipinski definition) is 4. The lowest BCUT2D eigenvalue weighted by Gasteiger charge is -2.14. The molecule has 4 rings (SSSR count). The van der Waals surface area contributed by atoms with Gasteiger partial charge >= 0.3 is 0 Å². The molecule has 1 saturated heterocycles. The molecule has 6 heteroatoms. The number of ether oxygens (including phenoxy) is 1. The van der Waals surface area contributed by atoms with E-state index in [1.165, 1.54) is 0 Å². The Labute approximate surface area is 164 Å². The summed E-state index contributed by atoms with van der Waals surface area (Å²) in [5.74, 6) is 0.682. The number of aliphatic hydroxyl groups is 1. The standard InChI is InChI=1S/C21H24ClN3O2/c22-17-8-6-16(7-9-17)14-25-20-5-2-1-4-19(20)21(23-25)27-13-3-11-24-12-10-18(26)15-24/h1-2,4-9,18,26H,3,10-15H2. The van der Waals surface area contributed by atoms with Crippen LogP contribution < -0.4 is 4.74 Å². The maximum atomic E-state index is 9.60. The van der Waals surface area contributed by atoms with Gasteiger partial charge in [0, 0.05) is 24.7 Å². The summed E-state index contributed by atoms with van der Waals surface area (Å²) in [7, 11) is 0. The lowest BCUT2D eigenvalue weighted by molar-refractivity contribution is 0.172. The van der Waals surface area contributed by atoms with E-state index in [2.05, 4.69) is 11.0 Å². The van der Waals surface area contributed by atoms with Crippen molar-refractivity contribution < 1.29 is 9.84 Å². The molecule has 1 atom stereocenters. The lowest BCUT2D eigenvalue weighted by atomic mass is 10.2. The molecule has 0 bridgehead atoms. The van der Waals surface area contributed by atoms with Gasteiger partial charge in [0.25, 0.3) is 0 Å². The maximum Gasteiger partial charge on any atom is 0.240 e. The van der Waals surface area contributed by atoms with E-state index >= 15 is 0 Å². The fourth-order valence-electron chi connectivity index (χ4n) is 3.56. The number of nitrogens with zero attached hydrogens (tertiary/aromatic N) is 3. The Hall–Kier alpha value is -2.08. The SMILES string of the molecule is OC1CCN(CCCOc2nn(Cc3ccc(Cl)cc3)c3ccccc23)C1. The average molecular weight is 386 g/mol. The van der Waals surface area contributed by atoms with Crippen LogP contribution in [0.4, 0.5) is 0 Å². The van der Waals surface area contributed by atoms with Crippen LogP contribution in [0.2, 0.25) is 5.02 Å². The minimum absolute atomic E-state index is 0.168. The topological polar surface area (TPSA) is 50.5 Å². The Bertz CT molecular complexity index is 894. The zero-order valence-corrected chi connectivity index (χ0v) is 16.0. The molecule has 0 radical (unpaired) electrons. The van der Waals surface area contributed by atoms with Gasteiger partial charge in [-0.1, -0.05) is 35.9 Å². The Balaban J connectivity index is 1.42. The van der Waals surface area contributed by atoms with Crippen molar-refractivity contribution in [2.24, 2.45) is 0 Å². The molecule has 2 heterocycles. The largest absolute Gasteiger partial charge is 0.476 e. The van der Waals surface area contributed by atoms with Gasteiger partial charge in [-0.3, -0.25) is 4.68 Å². The summed E-state index contributed by atoms with van der Waals surface area (Å²) in [5.41, 5.74) is 2.21. The highest BCUT2D eigenvalue weighted by Crippen LogP contribution is 2.26. The van der Waals surface area contributed by atoms with Gasteiger partial charge in [-0.05, 0) is 42.7 Å². The molecular formula is C21H24ClN3O2. The van der Waals surface area contributed by atoms with E-state index in [0.29, 0.717) is 19.0 Å². The van der Waals surface area contributed by atoms with E-state index < -0.39 is 0 Å². The summed E-state index contributed by atoms with van der Waals surface area (Å²) in [6.07, 6.45) is 1.63. The zero-order chi connectivity index (χ0) is 18.6. The number of para-hydroxylation sites is 1. The van der Waals surface area contributed by atoms with Crippen LogP contribution in [0.3, 0.4) is 0 Å². The molecule has 142 valence electrons. The summed E-state index contributed by atoms with van der Waals surface area (Å²) in [6, 6.07) is 16.0. The average Bonchev–Trinajstić information content (AvgIpc) is 3.25. The van der Waals surface area contributed by atoms with E-state index in [0.717, 1.165) is 54.0 Å². The fraction of sp³-hybridized carbons (Fsp3) is 0.381. The molecule has 1 fully saturated rings. The zero-order valence-electron chi connectivity index (χ0n) is 15.2. The summed E-state index contributed by atoms with van der Waals surface area (Å²) in [4.78, 5) is 2.28. The third-order valence-corrected chi connectivity index (χ3v) is 5.23. The van der Waals surface area contributed by atoms with Crippen LogP contribution in [0.1, 0.15) is 18.4 Å². The number of fused-ring (bicyclic) bond motifs is 1. The first-order valence-electron chi connectivity index (χ1n) is 9.42. The molecule has 27 heavy (non-hydrogen) atoms. The molecule has 3 aromatic rings. The first-order chi connectivity index (χ1) is 13.2. The number of hydrogen-bond donors (Lipinski definition) is 1. The molecule has 1 aliphatic rings. The Kier molecular flexibility index (Phi) is 5.62. The Morgan fingerprint density at radius 2 is 1.96 bits per heavy atom. The molecule has 0 aliphatic carbocycles. The number of rotatable bonds is 7. The first kappa shape index (κ1) is 18.3. The van der Waals surface area contributed by atoms with Crippen LogP contribution in [-0.2, 0) is 6.54 Å². The summed E-state index contributed by atoms with van der Waals surface area (Å²) < 4.78 is 7.98. The predicted octanol–water partition coefficient (Wildman–Crippen LogP) is 3.57. The Morgan fingerprint density at radius 3 is 2.74 bits per heavy atom. The van der Waals surface area contributed by atoms with Crippen LogP contribution in [0.25, 0.3) is 10.9 Å². The van der Waals surface area contributed by atoms with E-state index in [1.54, 1.807) is 0 Å². The third kappa shape index (κ3) is 4.43. The second-order valence-electron chi connectivity index (χ2n) is 7.05. The quantitative estimate of drug-likeness (QED) is 0.632.